The number of nitrogens with one attached hydrogen (secondary N) is 1. The third-order valence-corrected chi connectivity index (χ3v) is 3.31. The van der Waals surface area contributed by atoms with Crippen LogP contribution in [0.4, 0.5) is 11.6 Å². The maximum atomic E-state index is 5.88. The second-order valence-corrected chi connectivity index (χ2v) is 4.89. The summed E-state index contributed by atoms with van der Waals surface area (Å²) in [5.74, 6) is 0.268. The number of hydrogen-bond donors (Lipinski definition) is 1. The number of benzene rings is 1. The third kappa shape index (κ3) is 3.42. The van der Waals surface area contributed by atoms with E-state index in [1.54, 1.807) is 18.2 Å². The minimum absolute atomic E-state index is 0.0283. The lowest BCUT2D eigenvalue weighted by Gasteiger charge is -2.06. The Hall–Kier alpha value is -0.620. The Balaban J connectivity index is 2.28. The first-order chi connectivity index (χ1) is 8.04. The highest BCUT2D eigenvalue weighted by atomic mass is 79.9. The van der Waals surface area contributed by atoms with Crippen LogP contribution in [-0.4, -0.2) is 15.0 Å². The van der Waals surface area contributed by atoms with E-state index in [0.29, 0.717) is 5.02 Å². The average Bonchev–Trinajstić information content (AvgIpc) is 2.22. The second kappa shape index (κ2) is 5.35. The Morgan fingerprint density at radius 3 is 2.24 bits per heavy atom. The molecule has 1 aromatic heterocycles. The second-order valence-electron chi connectivity index (χ2n) is 2.95. The van der Waals surface area contributed by atoms with E-state index < -0.39 is 0 Å². The summed E-state index contributed by atoms with van der Waals surface area (Å²) in [7, 11) is 0. The SMILES string of the molecule is Clc1nc(Cl)nc(Nc2ccc(Cl)c(Br)c2)n1. The van der Waals surface area contributed by atoms with Crippen LogP contribution in [0.1, 0.15) is 0 Å². The van der Waals surface area contributed by atoms with E-state index in [2.05, 4.69) is 36.2 Å². The van der Waals surface area contributed by atoms with Crippen LogP contribution >= 0.6 is 50.7 Å². The van der Waals surface area contributed by atoms with Gasteiger partial charge in [-0.05, 0) is 57.3 Å². The number of rotatable bonds is 2. The lowest BCUT2D eigenvalue weighted by molar-refractivity contribution is 1.05. The van der Waals surface area contributed by atoms with Crippen molar-refractivity contribution < 1.29 is 0 Å². The van der Waals surface area contributed by atoms with Crippen LogP contribution in [0.2, 0.25) is 15.6 Å². The molecule has 0 atom stereocenters. The monoisotopic (exact) mass is 352 g/mol. The maximum absolute atomic E-state index is 5.88. The first-order valence-corrected chi connectivity index (χ1v) is 6.26. The minimum Gasteiger partial charge on any atom is -0.324 e. The van der Waals surface area contributed by atoms with Crippen LogP contribution in [0.3, 0.4) is 0 Å². The topological polar surface area (TPSA) is 50.7 Å². The molecule has 4 nitrogen and oxygen atoms in total. The summed E-state index contributed by atoms with van der Waals surface area (Å²) >= 11 is 20.5. The molecule has 2 aromatic rings. The number of aromatic nitrogens is 3. The maximum Gasteiger partial charge on any atom is 0.232 e. The zero-order valence-corrected chi connectivity index (χ0v) is 11.9. The highest BCUT2D eigenvalue weighted by molar-refractivity contribution is 9.10. The zero-order valence-electron chi connectivity index (χ0n) is 8.09. The van der Waals surface area contributed by atoms with Gasteiger partial charge in [0.1, 0.15) is 0 Å². The van der Waals surface area contributed by atoms with Crippen molar-refractivity contribution in [3.63, 3.8) is 0 Å². The van der Waals surface area contributed by atoms with E-state index in [1.165, 1.54) is 0 Å². The van der Waals surface area contributed by atoms with Gasteiger partial charge in [0, 0.05) is 10.2 Å². The van der Waals surface area contributed by atoms with Crippen molar-refractivity contribution >= 4 is 62.4 Å². The van der Waals surface area contributed by atoms with E-state index in [-0.39, 0.29) is 16.5 Å². The Bertz CT molecular complexity index is 544. The number of hydrogen-bond acceptors (Lipinski definition) is 4. The van der Waals surface area contributed by atoms with Gasteiger partial charge >= 0.3 is 0 Å². The molecule has 2 rings (SSSR count). The lowest BCUT2D eigenvalue weighted by atomic mass is 10.3. The Labute approximate surface area is 120 Å². The summed E-state index contributed by atoms with van der Waals surface area (Å²) in [6.45, 7) is 0. The van der Waals surface area contributed by atoms with Gasteiger partial charge in [-0.25, -0.2) is 0 Å². The van der Waals surface area contributed by atoms with Gasteiger partial charge in [-0.3, -0.25) is 0 Å². The molecule has 0 aliphatic rings. The summed E-state index contributed by atoms with van der Waals surface area (Å²) in [6.07, 6.45) is 0. The normalized spacial score (nSPS) is 10.4. The summed E-state index contributed by atoms with van der Waals surface area (Å²) in [4.78, 5) is 11.4. The van der Waals surface area contributed by atoms with Gasteiger partial charge in [0.05, 0.1) is 5.02 Å². The molecule has 0 radical (unpaired) electrons. The highest BCUT2D eigenvalue weighted by Crippen LogP contribution is 2.26. The van der Waals surface area contributed by atoms with Crippen molar-refractivity contribution in [2.24, 2.45) is 0 Å². The molecule has 0 unspecified atom stereocenters. The molecule has 0 aliphatic carbocycles. The van der Waals surface area contributed by atoms with Gasteiger partial charge in [-0.2, -0.15) is 15.0 Å². The molecule has 0 bridgehead atoms. The van der Waals surface area contributed by atoms with Crippen molar-refractivity contribution in [3.05, 3.63) is 38.3 Å². The summed E-state index contributed by atoms with van der Waals surface area (Å²) in [6, 6.07) is 5.30. The molecule has 1 aromatic carbocycles. The Morgan fingerprint density at radius 1 is 1.00 bits per heavy atom. The van der Waals surface area contributed by atoms with Crippen LogP contribution in [0.15, 0.2) is 22.7 Å². The molecule has 17 heavy (non-hydrogen) atoms. The molecule has 88 valence electrons. The van der Waals surface area contributed by atoms with E-state index >= 15 is 0 Å². The van der Waals surface area contributed by atoms with Crippen LogP contribution in [-0.2, 0) is 0 Å². The van der Waals surface area contributed by atoms with Gasteiger partial charge in [-0.1, -0.05) is 11.6 Å². The average molecular weight is 354 g/mol. The van der Waals surface area contributed by atoms with Crippen molar-refractivity contribution in [3.8, 4) is 0 Å². The van der Waals surface area contributed by atoms with Gasteiger partial charge in [0.2, 0.25) is 16.5 Å². The molecule has 0 aliphatic heterocycles. The lowest BCUT2D eigenvalue weighted by Crippen LogP contribution is -1.99. The largest absolute Gasteiger partial charge is 0.324 e. The van der Waals surface area contributed by atoms with E-state index in [9.17, 15) is 0 Å². The molecule has 0 saturated heterocycles. The molecule has 1 heterocycles. The first-order valence-electron chi connectivity index (χ1n) is 4.34. The molecular formula is C9H4BrCl3N4. The Morgan fingerprint density at radius 2 is 1.65 bits per heavy atom. The van der Waals surface area contributed by atoms with Crippen LogP contribution in [0.25, 0.3) is 0 Å². The van der Waals surface area contributed by atoms with Crippen molar-refractivity contribution in [1.82, 2.24) is 15.0 Å². The van der Waals surface area contributed by atoms with Crippen molar-refractivity contribution in [2.45, 2.75) is 0 Å². The standard InChI is InChI=1S/C9H4BrCl3N4/c10-5-3-4(1-2-6(5)11)14-9-16-7(12)15-8(13)17-9/h1-3H,(H,14,15,16,17). The fourth-order valence-electron chi connectivity index (χ4n) is 1.08. The molecule has 0 fully saturated rings. The van der Waals surface area contributed by atoms with Crippen molar-refractivity contribution in [2.75, 3.05) is 5.32 Å². The smallest absolute Gasteiger partial charge is 0.232 e. The number of anilines is 2. The highest BCUT2D eigenvalue weighted by Gasteiger charge is 2.04. The predicted molar refractivity (Wildman–Crippen MR) is 72.3 cm³/mol. The van der Waals surface area contributed by atoms with Gasteiger partial charge < -0.3 is 5.32 Å². The van der Waals surface area contributed by atoms with Crippen LogP contribution < -0.4 is 5.32 Å². The molecular weight excluding hydrogens is 350 g/mol. The van der Waals surface area contributed by atoms with E-state index in [1.807, 2.05) is 0 Å². The number of nitrogens with zero attached hydrogens (tertiary/aromatic N) is 3. The Kier molecular flexibility index (Phi) is 4.04. The molecule has 0 spiro atoms. The van der Waals surface area contributed by atoms with Gasteiger partial charge in [-0.15, -0.1) is 0 Å². The van der Waals surface area contributed by atoms with Crippen LogP contribution in [0.5, 0.6) is 0 Å². The fourth-order valence-corrected chi connectivity index (χ4v) is 1.94. The van der Waals surface area contributed by atoms with Crippen molar-refractivity contribution in [1.29, 1.82) is 0 Å². The van der Waals surface area contributed by atoms with E-state index in [4.69, 9.17) is 34.8 Å². The quantitative estimate of drug-likeness (QED) is 0.872. The van der Waals surface area contributed by atoms with Gasteiger partial charge in [0.25, 0.3) is 0 Å². The fraction of sp³-hybridized carbons (Fsp3) is 0. The zero-order chi connectivity index (χ0) is 12.4. The third-order valence-electron chi connectivity index (χ3n) is 1.76. The summed E-state index contributed by atoms with van der Waals surface area (Å²) in [5, 5.41) is 3.60. The van der Waals surface area contributed by atoms with Gasteiger partial charge in [0.15, 0.2) is 0 Å². The molecule has 1 N–H and O–H groups in total. The summed E-state index contributed by atoms with van der Waals surface area (Å²) in [5.41, 5.74) is 0.750. The predicted octanol–water partition coefficient (Wildman–Crippen LogP) is 4.34. The molecule has 8 heteroatoms. The minimum atomic E-state index is 0.0283. The molecule has 0 amide bonds. The van der Waals surface area contributed by atoms with Crippen LogP contribution in [0, 0.1) is 0 Å². The number of halogens is 4. The summed E-state index contributed by atoms with van der Waals surface area (Å²) < 4.78 is 0.760. The first kappa shape index (κ1) is 12.8. The van der Waals surface area contributed by atoms with E-state index in [0.717, 1.165) is 10.2 Å². The molecule has 0 saturated carbocycles.